The molecule has 28 heavy (non-hydrogen) atoms. The molecule has 0 atom stereocenters. The summed E-state index contributed by atoms with van der Waals surface area (Å²) in [6, 6.07) is 23.6. The van der Waals surface area contributed by atoms with Gasteiger partial charge in [0.1, 0.15) is 5.71 Å². The number of oxime groups is 1. The predicted octanol–water partition coefficient (Wildman–Crippen LogP) is 4.61. The molecule has 1 aliphatic rings. The lowest BCUT2D eigenvalue weighted by molar-refractivity contribution is -0.384. The van der Waals surface area contributed by atoms with Gasteiger partial charge in [-0.15, -0.1) is 0 Å². The van der Waals surface area contributed by atoms with Crippen LogP contribution in [-0.4, -0.2) is 16.6 Å². The third-order valence-corrected chi connectivity index (χ3v) is 4.38. The molecule has 3 aromatic rings. The fourth-order valence-electron chi connectivity index (χ4n) is 2.93. The number of nitro groups is 1. The van der Waals surface area contributed by atoms with Gasteiger partial charge in [-0.05, 0) is 34.9 Å². The largest absolute Gasteiger partial charge is 0.368 e. The number of carbonyl (C=O) groups is 1. The Labute approximate surface area is 160 Å². The number of rotatable bonds is 4. The van der Waals surface area contributed by atoms with E-state index in [-0.39, 0.29) is 5.69 Å². The summed E-state index contributed by atoms with van der Waals surface area (Å²) in [5.41, 5.74) is 4.27. The summed E-state index contributed by atoms with van der Waals surface area (Å²) < 4.78 is 0. The van der Waals surface area contributed by atoms with Crippen molar-refractivity contribution >= 4 is 23.4 Å². The summed E-state index contributed by atoms with van der Waals surface area (Å²) in [4.78, 5) is 27.3. The molecule has 6 heteroatoms. The average molecular weight is 370 g/mol. The van der Waals surface area contributed by atoms with Gasteiger partial charge in [0.05, 0.1) is 10.5 Å². The molecule has 0 spiro atoms. The van der Waals surface area contributed by atoms with Crippen LogP contribution in [0.25, 0.3) is 17.2 Å². The van der Waals surface area contributed by atoms with Gasteiger partial charge in [-0.1, -0.05) is 59.8 Å². The Morgan fingerprint density at radius 1 is 0.821 bits per heavy atom. The van der Waals surface area contributed by atoms with E-state index < -0.39 is 10.9 Å². The molecule has 0 saturated heterocycles. The summed E-state index contributed by atoms with van der Waals surface area (Å²) in [5, 5.41) is 14.7. The average Bonchev–Trinajstić information content (AvgIpc) is 3.09. The Hall–Kier alpha value is -4.06. The zero-order chi connectivity index (χ0) is 19.5. The Kier molecular flexibility index (Phi) is 4.51. The van der Waals surface area contributed by atoms with Crippen molar-refractivity contribution in [2.45, 2.75) is 0 Å². The minimum atomic E-state index is -0.555. The van der Waals surface area contributed by atoms with Gasteiger partial charge in [0.25, 0.3) is 5.69 Å². The molecule has 4 rings (SSSR count). The number of hydrogen-bond acceptors (Lipinski definition) is 5. The first kappa shape index (κ1) is 17.4. The minimum absolute atomic E-state index is 0.0125. The van der Waals surface area contributed by atoms with Gasteiger partial charge in [-0.3, -0.25) is 10.1 Å². The van der Waals surface area contributed by atoms with Gasteiger partial charge in [-0.2, -0.15) is 0 Å². The van der Waals surface area contributed by atoms with Crippen molar-refractivity contribution in [2.24, 2.45) is 5.16 Å². The van der Waals surface area contributed by atoms with E-state index in [2.05, 4.69) is 5.16 Å². The molecule has 3 aromatic carbocycles. The third kappa shape index (κ3) is 3.43. The summed E-state index contributed by atoms with van der Waals surface area (Å²) in [5.74, 6) is -0.555. The van der Waals surface area contributed by atoms with Crippen molar-refractivity contribution in [3.05, 3.63) is 106 Å². The lowest BCUT2D eigenvalue weighted by Crippen LogP contribution is -2.06. The highest BCUT2D eigenvalue weighted by Gasteiger charge is 2.26. The second kappa shape index (κ2) is 7.28. The van der Waals surface area contributed by atoms with Gasteiger partial charge < -0.3 is 4.84 Å². The first-order chi connectivity index (χ1) is 13.6. The van der Waals surface area contributed by atoms with Crippen LogP contribution in [0.2, 0.25) is 0 Å². The SMILES string of the molecule is O=C1ON=C(c2ccc(-c3ccccc3)cc2)C1=Cc1ccc([N+](=O)[O-])cc1. The van der Waals surface area contributed by atoms with Gasteiger partial charge in [-0.25, -0.2) is 4.79 Å². The molecule has 6 nitrogen and oxygen atoms in total. The molecule has 0 aliphatic carbocycles. The first-order valence-electron chi connectivity index (χ1n) is 8.53. The highest BCUT2D eigenvalue weighted by Crippen LogP contribution is 2.24. The second-order valence-electron chi connectivity index (χ2n) is 6.17. The van der Waals surface area contributed by atoms with Crippen molar-refractivity contribution in [2.75, 3.05) is 0 Å². The molecule has 0 fully saturated rings. The molecule has 0 aromatic heterocycles. The summed E-state index contributed by atoms with van der Waals surface area (Å²) in [6.45, 7) is 0. The number of non-ortho nitro benzene ring substituents is 1. The molecular formula is C22H14N2O4. The molecule has 0 unspecified atom stereocenters. The van der Waals surface area contributed by atoms with Crippen molar-refractivity contribution in [3.8, 4) is 11.1 Å². The van der Waals surface area contributed by atoms with Crippen molar-refractivity contribution < 1.29 is 14.6 Å². The number of nitrogens with zero attached hydrogens (tertiary/aromatic N) is 2. The Bertz CT molecular complexity index is 1100. The molecule has 0 N–H and O–H groups in total. The predicted molar refractivity (Wildman–Crippen MR) is 106 cm³/mol. The van der Waals surface area contributed by atoms with Crippen LogP contribution < -0.4 is 0 Å². The lowest BCUT2D eigenvalue weighted by atomic mass is 9.98. The quantitative estimate of drug-likeness (QED) is 0.291. The molecule has 0 radical (unpaired) electrons. The standard InChI is InChI=1S/C22H14N2O4/c25-22-20(14-15-6-12-19(13-7-15)24(26)27)21(23-28-22)18-10-8-17(9-11-18)16-4-2-1-3-5-16/h1-14H. The van der Waals surface area contributed by atoms with E-state index in [1.54, 1.807) is 18.2 Å². The summed E-state index contributed by atoms with van der Waals surface area (Å²) in [6.07, 6.45) is 1.61. The molecule has 0 saturated carbocycles. The number of benzene rings is 3. The zero-order valence-corrected chi connectivity index (χ0v) is 14.6. The van der Waals surface area contributed by atoms with Crippen molar-refractivity contribution in [1.29, 1.82) is 0 Å². The first-order valence-corrected chi connectivity index (χ1v) is 8.53. The van der Waals surface area contributed by atoms with E-state index >= 15 is 0 Å². The Morgan fingerprint density at radius 3 is 2.07 bits per heavy atom. The van der Waals surface area contributed by atoms with Crippen LogP contribution in [0.1, 0.15) is 11.1 Å². The van der Waals surface area contributed by atoms with Crippen LogP contribution in [0.3, 0.4) is 0 Å². The molecule has 136 valence electrons. The molecular weight excluding hydrogens is 356 g/mol. The van der Waals surface area contributed by atoms with Crippen LogP contribution in [0.5, 0.6) is 0 Å². The summed E-state index contributed by atoms with van der Waals surface area (Å²) in [7, 11) is 0. The van der Waals surface area contributed by atoms with Crippen molar-refractivity contribution in [3.63, 3.8) is 0 Å². The normalized spacial score (nSPS) is 14.6. The van der Waals surface area contributed by atoms with Gasteiger partial charge in [0.2, 0.25) is 0 Å². The topological polar surface area (TPSA) is 81.8 Å². The van der Waals surface area contributed by atoms with Gasteiger partial charge in [0.15, 0.2) is 0 Å². The van der Waals surface area contributed by atoms with Crippen LogP contribution in [0.4, 0.5) is 5.69 Å². The highest BCUT2D eigenvalue weighted by molar-refractivity contribution is 6.31. The van der Waals surface area contributed by atoms with E-state index in [0.29, 0.717) is 16.8 Å². The maximum absolute atomic E-state index is 12.1. The van der Waals surface area contributed by atoms with E-state index in [0.717, 1.165) is 16.7 Å². The van der Waals surface area contributed by atoms with Crippen LogP contribution in [-0.2, 0) is 9.63 Å². The number of nitro benzene ring substituents is 1. The second-order valence-corrected chi connectivity index (χ2v) is 6.17. The van der Waals surface area contributed by atoms with Crippen LogP contribution >= 0.6 is 0 Å². The fraction of sp³-hybridized carbons (Fsp3) is 0. The molecule has 0 bridgehead atoms. The van der Waals surface area contributed by atoms with E-state index in [9.17, 15) is 14.9 Å². The maximum Gasteiger partial charge on any atom is 0.368 e. The van der Waals surface area contributed by atoms with Gasteiger partial charge >= 0.3 is 5.97 Å². The summed E-state index contributed by atoms with van der Waals surface area (Å²) >= 11 is 0. The maximum atomic E-state index is 12.1. The number of carbonyl (C=O) groups excluding carboxylic acids is 1. The number of hydrogen-bond donors (Lipinski definition) is 0. The monoisotopic (exact) mass is 370 g/mol. The molecule has 0 amide bonds. The van der Waals surface area contributed by atoms with Gasteiger partial charge in [0, 0.05) is 17.7 Å². The molecule has 1 heterocycles. The Morgan fingerprint density at radius 2 is 1.43 bits per heavy atom. The van der Waals surface area contributed by atoms with Crippen molar-refractivity contribution in [1.82, 2.24) is 0 Å². The Balaban J connectivity index is 1.63. The van der Waals surface area contributed by atoms with Crippen LogP contribution in [0.15, 0.2) is 89.6 Å². The third-order valence-electron chi connectivity index (χ3n) is 4.38. The highest BCUT2D eigenvalue weighted by atomic mass is 16.7. The smallest absolute Gasteiger partial charge is 0.312 e. The zero-order valence-electron chi connectivity index (χ0n) is 14.6. The minimum Gasteiger partial charge on any atom is -0.312 e. The van der Waals surface area contributed by atoms with E-state index in [1.807, 2.05) is 54.6 Å². The fourth-order valence-corrected chi connectivity index (χ4v) is 2.93. The van der Waals surface area contributed by atoms with Crippen LogP contribution in [0, 0.1) is 10.1 Å². The molecule has 1 aliphatic heterocycles. The van der Waals surface area contributed by atoms with E-state index in [4.69, 9.17) is 4.84 Å². The lowest BCUT2D eigenvalue weighted by Gasteiger charge is -2.04. The van der Waals surface area contributed by atoms with E-state index in [1.165, 1.54) is 12.1 Å².